The average Bonchev–Trinajstić information content (AvgIpc) is 3.22. The van der Waals surface area contributed by atoms with E-state index in [0.717, 1.165) is 42.0 Å². The maximum absolute atomic E-state index is 11.7. The largest absolute Gasteiger partial charge is 0.494 e. The molecule has 206 valence electrons. The van der Waals surface area contributed by atoms with Gasteiger partial charge in [-0.3, -0.25) is 4.79 Å². The number of nitrogens with one attached hydrogen (secondary N) is 1. The van der Waals surface area contributed by atoms with Gasteiger partial charge < -0.3 is 19.9 Å². The number of benzene rings is 3. The van der Waals surface area contributed by atoms with Gasteiger partial charge in [-0.05, 0) is 77.8 Å². The fourth-order valence-electron chi connectivity index (χ4n) is 5.38. The summed E-state index contributed by atoms with van der Waals surface area (Å²) in [6.07, 6.45) is 3.62. The van der Waals surface area contributed by atoms with E-state index in [1.807, 2.05) is 24.3 Å². The van der Waals surface area contributed by atoms with Crippen LogP contribution in [-0.2, 0) is 34.0 Å². The van der Waals surface area contributed by atoms with Crippen molar-refractivity contribution in [2.75, 3.05) is 30.0 Å². The number of sulfone groups is 1. The third-order valence-electron chi connectivity index (χ3n) is 7.55. The van der Waals surface area contributed by atoms with Crippen molar-refractivity contribution in [2.24, 2.45) is 0 Å². The molecule has 8 heteroatoms. The number of aryl methyl sites for hydroxylation is 2. The number of ether oxygens (including phenoxy) is 2. The van der Waals surface area contributed by atoms with Crippen LogP contribution in [0.2, 0.25) is 0 Å². The van der Waals surface area contributed by atoms with Crippen LogP contribution in [0.3, 0.4) is 0 Å². The molecule has 0 bridgehead atoms. The topological polar surface area (TPSA) is 102 Å². The molecule has 0 saturated carbocycles. The number of carboxylic acid groups (broad SMARTS) is 1. The van der Waals surface area contributed by atoms with E-state index in [4.69, 9.17) is 14.6 Å². The van der Waals surface area contributed by atoms with E-state index in [-0.39, 0.29) is 23.8 Å². The first-order chi connectivity index (χ1) is 18.8. The van der Waals surface area contributed by atoms with Gasteiger partial charge in [0.05, 0.1) is 25.4 Å². The summed E-state index contributed by atoms with van der Waals surface area (Å²) >= 11 is 0. The Morgan fingerprint density at radius 1 is 1.05 bits per heavy atom. The molecule has 0 radical (unpaired) electrons. The van der Waals surface area contributed by atoms with Gasteiger partial charge in [0.1, 0.15) is 21.3 Å². The number of hydrogen-bond donors (Lipinski definition) is 2. The molecule has 5 rings (SSSR count). The molecule has 2 aliphatic rings. The van der Waals surface area contributed by atoms with Crippen LogP contribution in [0.1, 0.15) is 54.4 Å². The highest BCUT2D eigenvalue weighted by atomic mass is 32.2. The van der Waals surface area contributed by atoms with Crippen molar-refractivity contribution in [1.82, 2.24) is 0 Å². The number of rotatable bonds is 11. The number of anilines is 1. The van der Waals surface area contributed by atoms with Crippen LogP contribution in [-0.4, -0.2) is 44.2 Å². The molecule has 3 aromatic carbocycles. The summed E-state index contributed by atoms with van der Waals surface area (Å²) in [5.74, 6) is 0.953. The van der Waals surface area contributed by atoms with E-state index >= 15 is 0 Å². The number of fused-ring (bicyclic) bond motifs is 4. The van der Waals surface area contributed by atoms with Crippen LogP contribution < -0.4 is 14.8 Å². The number of carboxylic acids is 1. The zero-order valence-electron chi connectivity index (χ0n) is 22.2. The molecule has 2 N–H and O–H groups in total. The van der Waals surface area contributed by atoms with Crippen LogP contribution in [0.4, 0.5) is 5.69 Å². The second-order valence-corrected chi connectivity index (χ2v) is 12.8. The van der Waals surface area contributed by atoms with Crippen molar-refractivity contribution in [2.45, 2.75) is 51.5 Å². The molecule has 7 nitrogen and oxygen atoms in total. The molecule has 39 heavy (non-hydrogen) atoms. The first-order valence-electron chi connectivity index (χ1n) is 13.6. The molecule has 1 aliphatic heterocycles. The SMILES string of the molecule is CCS(=O)(=O)CCCOc1ccc2c(c1)CCCc1ccc(CNc3ccc4c(c3)OC[C@H]4CC(=O)O)cc1-2. The van der Waals surface area contributed by atoms with Gasteiger partial charge in [0.25, 0.3) is 0 Å². The van der Waals surface area contributed by atoms with Crippen LogP contribution in [0.15, 0.2) is 54.6 Å². The summed E-state index contributed by atoms with van der Waals surface area (Å²) in [4.78, 5) is 11.1. The molecular formula is C31H35NO6S. The fraction of sp³-hybridized carbons (Fsp3) is 0.387. The van der Waals surface area contributed by atoms with Crippen molar-refractivity contribution >= 4 is 21.5 Å². The summed E-state index contributed by atoms with van der Waals surface area (Å²) in [5, 5.41) is 12.6. The van der Waals surface area contributed by atoms with Crippen LogP contribution in [0, 0.1) is 0 Å². The van der Waals surface area contributed by atoms with E-state index in [2.05, 4.69) is 35.6 Å². The lowest BCUT2D eigenvalue weighted by molar-refractivity contribution is -0.137. The summed E-state index contributed by atoms with van der Waals surface area (Å²) in [6, 6.07) is 18.8. The molecule has 1 atom stereocenters. The summed E-state index contributed by atoms with van der Waals surface area (Å²) < 4.78 is 35.1. The number of hydrogen-bond acceptors (Lipinski definition) is 6. The van der Waals surface area contributed by atoms with E-state index in [1.54, 1.807) is 6.92 Å². The van der Waals surface area contributed by atoms with E-state index < -0.39 is 15.8 Å². The first-order valence-corrected chi connectivity index (χ1v) is 15.4. The molecule has 1 aliphatic carbocycles. The minimum atomic E-state index is -2.97. The van der Waals surface area contributed by atoms with Crippen LogP contribution in [0.25, 0.3) is 11.1 Å². The Morgan fingerprint density at radius 2 is 1.90 bits per heavy atom. The van der Waals surface area contributed by atoms with Gasteiger partial charge in [-0.25, -0.2) is 8.42 Å². The van der Waals surface area contributed by atoms with Crippen LogP contribution >= 0.6 is 0 Å². The molecule has 3 aromatic rings. The van der Waals surface area contributed by atoms with Gasteiger partial charge in [0.2, 0.25) is 0 Å². The number of aliphatic carboxylic acids is 1. The summed E-state index contributed by atoms with van der Waals surface area (Å²) in [6.45, 7) is 3.12. The third-order valence-corrected chi connectivity index (χ3v) is 9.34. The van der Waals surface area contributed by atoms with Crippen LogP contribution in [0.5, 0.6) is 11.5 Å². The van der Waals surface area contributed by atoms with Crippen molar-refractivity contribution in [3.63, 3.8) is 0 Å². The lowest BCUT2D eigenvalue weighted by Crippen LogP contribution is -2.11. The van der Waals surface area contributed by atoms with Gasteiger partial charge in [0, 0.05) is 35.5 Å². The second kappa shape index (κ2) is 11.7. The zero-order valence-corrected chi connectivity index (χ0v) is 23.1. The van der Waals surface area contributed by atoms with Gasteiger partial charge in [-0.2, -0.15) is 0 Å². The summed E-state index contributed by atoms with van der Waals surface area (Å²) in [5.41, 5.74) is 8.13. The fourth-order valence-corrected chi connectivity index (χ4v) is 6.23. The minimum absolute atomic E-state index is 0.0767. The van der Waals surface area contributed by atoms with Gasteiger partial charge in [-0.1, -0.05) is 31.2 Å². The maximum atomic E-state index is 11.7. The quantitative estimate of drug-likeness (QED) is 0.300. The minimum Gasteiger partial charge on any atom is -0.494 e. The first kappa shape index (κ1) is 27.1. The molecule has 0 fully saturated rings. The Hall–Kier alpha value is -3.52. The molecule has 0 saturated heterocycles. The van der Waals surface area contributed by atoms with E-state index in [0.29, 0.717) is 26.2 Å². The van der Waals surface area contributed by atoms with Gasteiger partial charge in [0.15, 0.2) is 0 Å². The van der Waals surface area contributed by atoms with E-state index in [1.165, 1.54) is 27.8 Å². The van der Waals surface area contributed by atoms with Gasteiger partial charge in [-0.15, -0.1) is 0 Å². The molecule has 0 unspecified atom stereocenters. The van der Waals surface area contributed by atoms with E-state index in [9.17, 15) is 13.2 Å². The van der Waals surface area contributed by atoms with Crippen molar-refractivity contribution < 1.29 is 27.8 Å². The highest BCUT2D eigenvalue weighted by Crippen LogP contribution is 2.38. The molecule has 0 spiro atoms. The lowest BCUT2D eigenvalue weighted by Gasteiger charge is -2.15. The Labute approximate surface area is 230 Å². The predicted molar refractivity (Wildman–Crippen MR) is 153 cm³/mol. The summed E-state index contributed by atoms with van der Waals surface area (Å²) in [7, 11) is -2.97. The maximum Gasteiger partial charge on any atom is 0.304 e. The predicted octanol–water partition coefficient (Wildman–Crippen LogP) is 5.61. The van der Waals surface area contributed by atoms with Gasteiger partial charge >= 0.3 is 5.97 Å². The van der Waals surface area contributed by atoms with Crippen molar-refractivity contribution in [1.29, 1.82) is 0 Å². The normalized spacial score (nSPS) is 15.9. The highest BCUT2D eigenvalue weighted by Gasteiger charge is 2.26. The smallest absolute Gasteiger partial charge is 0.304 e. The monoisotopic (exact) mass is 549 g/mol. The molecule has 0 amide bonds. The zero-order chi connectivity index (χ0) is 27.4. The third kappa shape index (κ3) is 6.56. The second-order valence-electron chi connectivity index (χ2n) is 10.3. The number of carbonyl (C=O) groups is 1. The Balaban J connectivity index is 1.26. The molecule has 1 heterocycles. The Bertz CT molecular complexity index is 1470. The van der Waals surface area contributed by atoms with Crippen molar-refractivity contribution in [3.05, 3.63) is 76.9 Å². The van der Waals surface area contributed by atoms with Crippen molar-refractivity contribution in [3.8, 4) is 22.6 Å². The highest BCUT2D eigenvalue weighted by molar-refractivity contribution is 7.91. The lowest BCUT2D eigenvalue weighted by atomic mass is 9.94. The average molecular weight is 550 g/mol. The Kier molecular flexibility index (Phi) is 8.12. The Morgan fingerprint density at radius 3 is 2.72 bits per heavy atom. The standard InChI is InChI=1S/C31H35NO6S/c1-2-39(35,36)14-4-13-37-26-10-12-27-23(16-26)6-3-5-22-8-7-21(15-29(22)27)19-32-25-9-11-28-24(17-31(33)34)20-38-30(28)18-25/h7-12,15-16,18,24,32H,2-6,13-14,17,19-20H2,1H3,(H,33,34)/t24-/m1/s1. The molecule has 0 aromatic heterocycles. The molecular weight excluding hydrogens is 514 g/mol.